The number of ketones is 1. The molecule has 7 nitrogen and oxygen atoms in total. The normalized spacial score (nSPS) is 15.5. The molecule has 0 aromatic carbocycles. The second kappa shape index (κ2) is 6.76. The van der Waals surface area contributed by atoms with Crippen LogP contribution in [0, 0.1) is 0 Å². The van der Waals surface area contributed by atoms with Gasteiger partial charge in [-0.05, 0) is 18.9 Å². The number of nitrogens with zero attached hydrogens (tertiary/aromatic N) is 4. The zero-order valence-electron chi connectivity index (χ0n) is 13.2. The summed E-state index contributed by atoms with van der Waals surface area (Å²) in [5.41, 5.74) is 0.366. The molecule has 1 saturated carbocycles. The maximum absolute atomic E-state index is 12.2. The predicted octanol–water partition coefficient (Wildman–Crippen LogP) is 2.43. The molecule has 0 aliphatic heterocycles. The summed E-state index contributed by atoms with van der Waals surface area (Å²) in [4.78, 5) is 23.4. The largest absolute Gasteiger partial charge is 0.309 e. The highest BCUT2D eigenvalue weighted by Crippen LogP contribution is 2.29. The van der Waals surface area contributed by atoms with Crippen LogP contribution in [0.4, 0.5) is 5.82 Å². The summed E-state index contributed by atoms with van der Waals surface area (Å²) in [5.74, 6) is 0.432. The Hall–Kier alpha value is -2.44. The molecule has 2 aromatic heterocycles. The Bertz CT molecular complexity index is 697. The van der Waals surface area contributed by atoms with Crippen LogP contribution in [-0.4, -0.2) is 31.3 Å². The first-order valence-electron chi connectivity index (χ1n) is 8.01. The second-order valence-corrected chi connectivity index (χ2v) is 5.96. The fourth-order valence-corrected chi connectivity index (χ4v) is 3.00. The third-order valence-corrected chi connectivity index (χ3v) is 4.17. The number of Topliss-reactive ketones (excluding diaryl/α,β-unsaturated/α-hetero) is 1. The highest BCUT2D eigenvalue weighted by molar-refractivity contribution is 5.92. The number of aromatic nitrogens is 4. The second-order valence-electron chi connectivity index (χ2n) is 5.96. The standard InChI is InChI=1S/C16H21N5O2/c1-12(22)14-8-10-20(19-14)11-16(23)18-15-7-9-17-21(15)13-5-3-2-4-6-13/h7-10,13H,2-6,11H2,1H3,(H,18,23). The lowest BCUT2D eigenvalue weighted by Gasteiger charge is -2.23. The predicted molar refractivity (Wildman–Crippen MR) is 85.2 cm³/mol. The number of hydrogen-bond donors (Lipinski definition) is 1. The van der Waals surface area contributed by atoms with Crippen LogP contribution in [0.2, 0.25) is 0 Å². The lowest BCUT2D eigenvalue weighted by atomic mass is 9.96. The van der Waals surface area contributed by atoms with Crippen molar-refractivity contribution in [3.05, 3.63) is 30.2 Å². The van der Waals surface area contributed by atoms with Crippen LogP contribution in [-0.2, 0) is 11.3 Å². The smallest absolute Gasteiger partial charge is 0.247 e. The van der Waals surface area contributed by atoms with Gasteiger partial charge in [0.05, 0.1) is 12.2 Å². The molecule has 1 fully saturated rings. The zero-order valence-corrected chi connectivity index (χ0v) is 13.2. The molecule has 3 rings (SSSR count). The van der Waals surface area contributed by atoms with Gasteiger partial charge in [-0.1, -0.05) is 19.3 Å². The Labute approximate surface area is 134 Å². The monoisotopic (exact) mass is 315 g/mol. The molecule has 7 heteroatoms. The van der Waals surface area contributed by atoms with E-state index in [1.54, 1.807) is 18.5 Å². The van der Waals surface area contributed by atoms with Gasteiger partial charge in [-0.15, -0.1) is 0 Å². The van der Waals surface area contributed by atoms with Crippen molar-refractivity contribution in [2.24, 2.45) is 0 Å². The van der Waals surface area contributed by atoms with Crippen molar-refractivity contribution >= 4 is 17.5 Å². The van der Waals surface area contributed by atoms with E-state index in [2.05, 4.69) is 15.5 Å². The SMILES string of the molecule is CC(=O)c1ccn(CC(=O)Nc2ccnn2C2CCCCC2)n1. The van der Waals surface area contributed by atoms with Gasteiger partial charge in [0.25, 0.3) is 0 Å². The number of nitrogens with one attached hydrogen (secondary N) is 1. The fraction of sp³-hybridized carbons (Fsp3) is 0.500. The number of carbonyl (C=O) groups is 2. The van der Waals surface area contributed by atoms with E-state index >= 15 is 0 Å². The lowest BCUT2D eigenvalue weighted by Crippen LogP contribution is -2.23. The number of hydrogen-bond acceptors (Lipinski definition) is 4. The van der Waals surface area contributed by atoms with Crippen LogP contribution in [0.25, 0.3) is 0 Å². The van der Waals surface area contributed by atoms with E-state index in [0.29, 0.717) is 11.7 Å². The van der Waals surface area contributed by atoms with Gasteiger partial charge in [-0.3, -0.25) is 14.3 Å². The first-order chi connectivity index (χ1) is 11.1. The van der Waals surface area contributed by atoms with Crippen molar-refractivity contribution in [3.8, 4) is 0 Å². The Morgan fingerprint density at radius 1 is 1.26 bits per heavy atom. The number of amides is 1. The van der Waals surface area contributed by atoms with Gasteiger partial charge in [-0.25, -0.2) is 4.68 Å². The van der Waals surface area contributed by atoms with Crippen molar-refractivity contribution in [2.75, 3.05) is 5.32 Å². The van der Waals surface area contributed by atoms with Crippen LogP contribution in [0.5, 0.6) is 0 Å². The van der Waals surface area contributed by atoms with Gasteiger partial charge in [0.15, 0.2) is 5.78 Å². The minimum absolute atomic E-state index is 0.0725. The van der Waals surface area contributed by atoms with E-state index in [-0.39, 0.29) is 18.2 Å². The molecule has 0 atom stereocenters. The van der Waals surface area contributed by atoms with Crippen molar-refractivity contribution in [2.45, 2.75) is 51.6 Å². The van der Waals surface area contributed by atoms with E-state index in [9.17, 15) is 9.59 Å². The molecule has 0 saturated heterocycles. The fourth-order valence-electron chi connectivity index (χ4n) is 3.00. The van der Waals surface area contributed by atoms with Gasteiger partial charge < -0.3 is 5.32 Å². The highest BCUT2D eigenvalue weighted by atomic mass is 16.2. The summed E-state index contributed by atoms with van der Waals surface area (Å²) in [7, 11) is 0. The molecule has 1 aliphatic carbocycles. The quantitative estimate of drug-likeness (QED) is 0.859. The zero-order chi connectivity index (χ0) is 16.2. The molecule has 2 aromatic rings. The number of anilines is 1. The van der Waals surface area contributed by atoms with Gasteiger partial charge in [0.2, 0.25) is 5.91 Å². The Morgan fingerprint density at radius 2 is 2.04 bits per heavy atom. The molecule has 0 radical (unpaired) electrons. The van der Waals surface area contributed by atoms with E-state index in [1.807, 2.05) is 10.7 Å². The lowest BCUT2D eigenvalue weighted by molar-refractivity contribution is -0.117. The van der Waals surface area contributed by atoms with Crippen LogP contribution < -0.4 is 5.32 Å². The van der Waals surface area contributed by atoms with Gasteiger partial charge >= 0.3 is 0 Å². The van der Waals surface area contributed by atoms with E-state index < -0.39 is 0 Å². The highest BCUT2D eigenvalue weighted by Gasteiger charge is 2.19. The molecule has 1 aliphatic rings. The van der Waals surface area contributed by atoms with Crippen molar-refractivity contribution < 1.29 is 9.59 Å². The number of rotatable bonds is 5. The average Bonchev–Trinajstić information content (AvgIpc) is 3.17. The van der Waals surface area contributed by atoms with Crippen LogP contribution in [0.1, 0.15) is 55.6 Å². The molecule has 1 amide bonds. The van der Waals surface area contributed by atoms with Gasteiger partial charge in [0.1, 0.15) is 18.1 Å². The molecule has 2 heterocycles. The topological polar surface area (TPSA) is 81.8 Å². The minimum atomic E-state index is -0.180. The third-order valence-electron chi connectivity index (χ3n) is 4.17. The van der Waals surface area contributed by atoms with E-state index in [1.165, 1.54) is 30.9 Å². The van der Waals surface area contributed by atoms with Crippen molar-refractivity contribution in [1.29, 1.82) is 0 Å². The van der Waals surface area contributed by atoms with Crippen molar-refractivity contribution in [1.82, 2.24) is 19.6 Å². The summed E-state index contributed by atoms with van der Waals surface area (Å²) < 4.78 is 3.38. The first-order valence-corrected chi connectivity index (χ1v) is 8.01. The van der Waals surface area contributed by atoms with Gasteiger partial charge in [-0.2, -0.15) is 10.2 Å². The molecular weight excluding hydrogens is 294 g/mol. The molecule has 0 spiro atoms. The number of carbonyl (C=O) groups excluding carboxylic acids is 2. The molecular formula is C16H21N5O2. The van der Waals surface area contributed by atoms with Crippen LogP contribution in [0.3, 0.4) is 0 Å². The Balaban J connectivity index is 1.63. The molecule has 122 valence electrons. The maximum Gasteiger partial charge on any atom is 0.247 e. The third kappa shape index (κ3) is 3.67. The summed E-state index contributed by atoms with van der Waals surface area (Å²) in [5, 5.41) is 11.3. The molecule has 0 bridgehead atoms. The summed E-state index contributed by atoms with van der Waals surface area (Å²) >= 11 is 0. The Kier molecular flexibility index (Phi) is 4.55. The first kappa shape index (κ1) is 15.5. The van der Waals surface area contributed by atoms with Crippen molar-refractivity contribution in [3.63, 3.8) is 0 Å². The maximum atomic E-state index is 12.2. The Morgan fingerprint density at radius 3 is 2.74 bits per heavy atom. The van der Waals surface area contributed by atoms with E-state index in [0.717, 1.165) is 18.7 Å². The minimum Gasteiger partial charge on any atom is -0.309 e. The molecule has 0 unspecified atom stereocenters. The average molecular weight is 315 g/mol. The van der Waals surface area contributed by atoms with Crippen LogP contribution in [0.15, 0.2) is 24.5 Å². The summed E-state index contributed by atoms with van der Waals surface area (Å²) in [6.07, 6.45) is 9.24. The summed E-state index contributed by atoms with van der Waals surface area (Å²) in [6.45, 7) is 1.53. The summed E-state index contributed by atoms with van der Waals surface area (Å²) in [6, 6.07) is 3.79. The van der Waals surface area contributed by atoms with E-state index in [4.69, 9.17) is 0 Å². The van der Waals surface area contributed by atoms with Crippen LogP contribution >= 0.6 is 0 Å². The van der Waals surface area contributed by atoms with Gasteiger partial charge in [0, 0.05) is 19.2 Å². The molecule has 1 N–H and O–H groups in total. The molecule has 23 heavy (non-hydrogen) atoms.